The molecule has 1 N–H and O–H groups in total. The SMILES string of the molecule is C=CCN(CC=C)CC(O)COCc1cccs1. The number of hydrogen-bond donors (Lipinski definition) is 1. The standard InChI is InChI=1S/C14H21NO2S/c1-3-7-15(8-4-2)10-13(16)11-17-12-14-6-5-9-18-14/h3-6,9,13,16H,1-2,7-8,10-12H2. The summed E-state index contributed by atoms with van der Waals surface area (Å²) >= 11 is 1.66. The van der Waals surface area contributed by atoms with E-state index in [1.165, 1.54) is 4.88 Å². The van der Waals surface area contributed by atoms with Gasteiger partial charge in [0.1, 0.15) is 0 Å². The summed E-state index contributed by atoms with van der Waals surface area (Å²) in [6.45, 7) is 10.4. The molecular weight excluding hydrogens is 246 g/mol. The highest BCUT2D eigenvalue weighted by Gasteiger charge is 2.09. The van der Waals surface area contributed by atoms with E-state index >= 15 is 0 Å². The minimum Gasteiger partial charge on any atom is -0.389 e. The lowest BCUT2D eigenvalue weighted by atomic mass is 10.3. The molecule has 0 aliphatic carbocycles. The van der Waals surface area contributed by atoms with Crippen LogP contribution in [0.3, 0.4) is 0 Å². The van der Waals surface area contributed by atoms with Crippen LogP contribution in [0, 0.1) is 0 Å². The van der Waals surface area contributed by atoms with Crippen molar-refractivity contribution >= 4 is 11.3 Å². The summed E-state index contributed by atoms with van der Waals surface area (Å²) in [7, 11) is 0. The molecule has 1 aromatic rings. The number of hydrogen-bond acceptors (Lipinski definition) is 4. The van der Waals surface area contributed by atoms with E-state index < -0.39 is 6.10 Å². The van der Waals surface area contributed by atoms with Crippen molar-refractivity contribution in [3.63, 3.8) is 0 Å². The van der Waals surface area contributed by atoms with Crippen molar-refractivity contribution < 1.29 is 9.84 Å². The van der Waals surface area contributed by atoms with E-state index in [2.05, 4.69) is 18.1 Å². The van der Waals surface area contributed by atoms with Crippen molar-refractivity contribution in [1.82, 2.24) is 4.90 Å². The molecule has 4 heteroatoms. The Morgan fingerprint density at radius 1 is 1.39 bits per heavy atom. The van der Waals surface area contributed by atoms with Crippen LogP contribution in [0.1, 0.15) is 4.88 Å². The number of rotatable bonds is 10. The lowest BCUT2D eigenvalue weighted by Gasteiger charge is -2.22. The molecule has 3 nitrogen and oxygen atoms in total. The fraction of sp³-hybridized carbons (Fsp3) is 0.429. The van der Waals surface area contributed by atoms with Gasteiger partial charge in [0.15, 0.2) is 0 Å². The van der Waals surface area contributed by atoms with Crippen LogP contribution in [0.4, 0.5) is 0 Å². The Morgan fingerprint density at radius 2 is 2.11 bits per heavy atom. The van der Waals surface area contributed by atoms with Gasteiger partial charge in [-0.25, -0.2) is 0 Å². The minimum atomic E-state index is -0.482. The molecule has 0 bridgehead atoms. The quantitative estimate of drug-likeness (QED) is 0.660. The summed E-state index contributed by atoms with van der Waals surface area (Å²) in [6.07, 6.45) is 3.16. The highest BCUT2D eigenvalue weighted by molar-refractivity contribution is 7.09. The number of thiophene rings is 1. The smallest absolute Gasteiger partial charge is 0.0900 e. The zero-order valence-electron chi connectivity index (χ0n) is 10.6. The van der Waals surface area contributed by atoms with Crippen LogP contribution < -0.4 is 0 Å². The van der Waals surface area contributed by atoms with Crippen LogP contribution in [0.15, 0.2) is 42.8 Å². The van der Waals surface area contributed by atoms with Gasteiger partial charge < -0.3 is 9.84 Å². The van der Waals surface area contributed by atoms with E-state index in [1.54, 1.807) is 11.3 Å². The van der Waals surface area contributed by atoms with Crippen LogP contribution in [0.25, 0.3) is 0 Å². The Labute approximate surface area is 113 Å². The van der Waals surface area contributed by atoms with Gasteiger partial charge in [0, 0.05) is 24.5 Å². The normalized spacial score (nSPS) is 12.6. The second-order valence-corrected chi connectivity index (χ2v) is 5.08. The Balaban J connectivity index is 2.20. The Bertz CT molecular complexity index is 328. The van der Waals surface area contributed by atoms with Crippen LogP contribution >= 0.6 is 11.3 Å². The van der Waals surface area contributed by atoms with Gasteiger partial charge in [-0.05, 0) is 11.4 Å². The predicted molar refractivity (Wildman–Crippen MR) is 76.8 cm³/mol. The van der Waals surface area contributed by atoms with Crippen molar-refractivity contribution in [3.05, 3.63) is 47.7 Å². The predicted octanol–water partition coefficient (Wildman–Crippen LogP) is 2.30. The summed E-state index contributed by atoms with van der Waals surface area (Å²) in [4.78, 5) is 3.25. The third-order valence-corrected chi connectivity index (χ3v) is 3.23. The molecule has 1 atom stereocenters. The van der Waals surface area contributed by atoms with E-state index in [1.807, 2.05) is 29.7 Å². The third-order valence-electron chi connectivity index (χ3n) is 2.38. The van der Waals surface area contributed by atoms with Gasteiger partial charge in [0.25, 0.3) is 0 Å². The van der Waals surface area contributed by atoms with E-state index in [0.29, 0.717) is 19.8 Å². The van der Waals surface area contributed by atoms with Gasteiger partial charge in [-0.15, -0.1) is 24.5 Å². The molecule has 18 heavy (non-hydrogen) atoms. The zero-order valence-corrected chi connectivity index (χ0v) is 11.4. The maximum Gasteiger partial charge on any atom is 0.0900 e. The fourth-order valence-electron chi connectivity index (χ4n) is 1.63. The first-order valence-electron chi connectivity index (χ1n) is 5.98. The molecular formula is C14H21NO2S. The van der Waals surface area contributed by atoms with Crippen molar-refractivity contribution in [2.75, 3.05) is 26.2 Å². The summed E-state index contributed by atoms with van der Waals surface area (Å²) in [5.41, 5.74) is 0. The Kier molecular flexibility index (Phi) is 7.60. The second kappa shape index (κ2) is 9.05. The van der Waals surface area contributed by atoms with Gasteiger partial charge in [-0.3, -0.25) is 4.90 Å². The lowest BCUT2D eigenvalue weighted by molar-refractivity contribution is 0.0140. The summed E-state index contributed by atoms with van der Waals surface area (Å²) in [5.74, 6) is 0. The number of ether oxygens (including phenoxy) is 1. The second-order valence-electron chi connectivity index (χ2n) is 4.04. The van der Waals surface area contributed by atoms with Gasteiger partial charge in [0.2, 0.25) is 0 Å². The average Bonchev–Trinajstić information content (AvgIpc) is 2.82. The monoisotopic (exact) mass is 267 g/mol. The average molecular weight is 267 g/mol. The number of nitrogens with zero attached hydrogens (tertiary/aromatic N) is 1. The maximum atomic E-state index is 9.87. The molecule has 0 radical (unpaired) electrons. The molecule has 0 aliphatic heterocycles. The molecule has 1 aromatic heterocycles. The first-order valence-corrected chi connectivity index (χ1v) is 6.86. The topological polar surface area (TPSA) is 32.7 Å². The molecule has 0 amide bonds. The molecule has 1 rings (SSSR count). The molecule has 1 heterocycles. The molecule has 1 unspecified atom stereocenters. The molecule has 0 aromatic carbocycles. The van der Waals surface area contributed by atoms with E-state index in [0.717, 1.165) is 13.1 Å². The van der Waals surface area contributed by atoms with Crippen LogP contribution in [-0.4, -0.2) is 42.4 Å². The highest BCUT2D eigenvalue weighted by atomic mass is 32.1. The summed E-state index contributed by atoms with van der Waals surface area (Å²) in [5, 5.41) is 11.9. The lowest BCUT2D eigenvalue weighted by Crippen LogP contribution is -2.35. The van der Waals surface area contributed by atoms with Crippen molar-refractivity contribution in [2.45, 2.75) is 12.7 Å². The third kappa shape index (κ3) is 6.12. The van der Waals surface area contributed by atoms with Crippen molar-refractivity contribution in [3.8, 4) is 0 Å². The summed E-state index contributed by atoms with van der Waals surface area (Å²) in [6, 6.07) is 4.02. The maximum absolute atomic E-state index is 9.87. The van der Waals surface area contributed by atoms with E-state index in [9.17, 15) is 5.11 Å². The first-order chi connectivity index (χ1) is 8.76. The molecule has 0 aliphatic rings. The number of aliphatic hydroxyl groups is 1. The van der Waals surface area contributed by atoms with Crippen LogP contribution in [-0.2, 0) is 11.3 Å². The zero-order chi connectivity index (χ0) is 13.2. The number of aliphatic hydroxyl groups excluding tert-OH is 1. The van der Waals surface area contributed by atoms with Crippen molar-refractivity contribution in [1.29, 1.82) is 0 Å². The van der Waals surface area contributed by atoms with E-state index in [4.69, 9.17) is 4.74 Å². The first kappa shape index (κ1) is 15.1. The fourth-order valence-corrected chi connectivity index (χ4v) is 2.27. The molecule has 0 saturated carbocycles. The largest absolute Gasteiger partial charge is 0.389 e. The Hall–Kier alpha value is -0.940. The summed E-state index contributed by atoms with van der Waals surface area (Å²) < 4.78 is 5.48. The highest BCUT2D eigenvalue weighted by Crippen LogP contribution is 2.09. The molecule has 0 saturated heterocycles. The molecule has 100 valence electrons. The Morgan fingerprint density at radius 3 is 2.67 bits per heavy atom. The van der Waals surface area contributed by atoms with Gasteiger partial charge in [-0.2, -0.15) is 0 Å². The van der Waals surface area contributed by atoms with E-state index in [-0.39, 0.29) is 0 Å². The molecule has 0 fully saturated rings. The molecule has 0 spiro atoms. The van der Waals surface area contributed by atoms with Gasteiger partial charge in [-0.1, -0.05) is 18.2 Å². The van der Waals surface area contributed by atoms with Crippen molar-refractivity contribution in [2.24, 2.45) is 0 Å². The van der Waals surface area contributed by atoms with Gasteiger partial charge in [0.05, 0.1) is 19.3 Å². The van der Waals surface area contributed by atoms with Crippen LogP contribution in [0.2, 0.25) is 0 Å². The minimum absolute atomic E-state index is 0.350. The van der Waals surface area contributed by atoms with Crippen LogP contribution in [0.5, 0.6) is 0 Å². The van der Waals surface area contributed by atoms with Gasteiger partial charge >= 0.3 is 0 Å².